The molecule has 2 bridgehead atoms. The average molecular weight is 275 g/mol. The van der Waals surface area contributed by atoms with Crippen LogP contribution in [0.25, 0.3) is 0 Å². The largest absolute Gasteiger partial charge is 0.504 e. The lowest BCUT2D eigenvalue weighted by Gasteiger charge is -2.22. The van der Waals surface area contributed by atoms with Gasteiger partial charge in [-0.1, -0.05) is 12.5 Å². The second-order valence-corrected chi connectivity index (χ2v) is 6.00. The zero-order valence-electron chi connectivity index (χ0n) is 11.8. The van der Waals surface area contributed by atoms with Crippen LogP contribution in [-0.4, -0.2) is 24.7 Å². The highest BCUT2D eigenvalue weighted by molar-refractivity contribution is 5.97. The van der Waals surface area contributed by atoms with E-state index in [2.05, 4.69) is 5.32 Å². The first-order valence-electron chi connectivity index (χ1n) is 7.33. The predicted molar refractivity (Wildman–Crippen MR) is 75.9 cm³/mol. The third-order valence-corrected chi connectivity index (χ3v) is 4.87. The standard InChI is InChI=1S/C16H21NO3/c1-20-14-4-2-3-13(15(14)18)16(19)17-9-12-8-10-5-6-11(12)7-10/h2-4,10-12,18H,5-9H2,1H3,(H,17,19). The maximum absolute atomic E-state index is 12.2. The molecule has 0 aliphatic heterocycles. The fourth-order valence-corrected chi connectivity index (χ4v) is 3.82. The zero-order chi connectivity index (χ0) is 14.1. The summed E-state index contributed by atoms with van der Waals surface area (Å²) in [4.78, 5) is 12.2. The number of aromatic hydroxyl groups is 1. The molecule has 0 heterocycles. The van der Waals surface area contributed by atoms with Crippen LogP contribution >= 0.6 is 0 Å². The molecule has 0 radical (unpaired) electrons. The number of benzene rings is 1. The first-order valence-corrected chi connectivity index (χ1v) is 7.33. The predicted octanol–water partition coefficient (Wildman–Crippen LogP) is 2.57. The Kier molecular flexibility index (Phi) is 3.55. The van der Waals surface area contributed by atoms with Gasteiger partial charge in [-0.25, -0.2) is 0 Å². The fraction of sp³-hybridized carbons (Fsp3) is 0.562. The number of fused-ring (bicyclic) bond motifs is 2. The van der Waals surface area contributed by atoms with Crippen molar-refractivity contribution < 1.29 is 14.6 Å². The quantitative estimate of drug-likeness (QED) is 0.888. The number of para-hydroxylation sites is 1. The van der Waals surface area contributed by atoms with Crippen molar-refractivity contribution in [2.75, 3.05) is 13.7 Å². The number of nitrogens with one attached hydrogen (secondary N) is 1. The molecule has 108 valence electrons. The van der Waals surface area contributed by atoms with E-state index in [1.807, 2.05) is 0 Å². The summed E-state index contributed by atoms with van der Waals surface area (Å²) in [6, 6.07) is 4.97. The summed E-state index contributed by atoms with van der Waals surface area (Å²) >= 11 is 0. The molecule has 3 atom stereocenters. The minimum absolute atomic E-state index is 0.0829. The normalized spacial score (nSPS) is 27.6. The molecule has 2 aliphatic carbocycles. The summed E-state index contributed by atoms with van der Waals surface area (Å²) in [7, 11) is 1.48. The summed E-state index contributed by atoms with van der Waals surface area (Å²) in [5.74, 6) is 2.32. The fourth-order valence-electron chi connectivity index (χ4n) is 3.82. The topological polar surface area (TPSA) is 58.6 Å². The Bertz CT molecular complexity index is 514. The monoisotopic (exact) mass is 275 g/mol. The highest BCUT2D eigenvalue weighted by atomic mass is 16.5. The lowest BCUT2D eigenvalue weighted by atomic mass is 9.89. The van der Waals surface area contributed by atoms with Gasteiger partial charge in [-0.15, -0.1) is 0 Å². The molecule has 20 heavy (non-hydrogen) atoms. The van der Waals surface area contributed by atoms with Gasteiger partial charge in [-0.05, 0) is 49.1 Å². The Hall–Kier alpha value is -1.71. The van der Waals surface area contributed by atoms with Crippen LogP contribution in [0.5, 0.6) is 11.5 Å². The van der Waals surface area contributed by atoms with E-state index in [1.54, 1.807) is 18.2 Å². The van der Waals surface area contributed by atoms with Crippen molar-refractivity contribution in [2.24, 2.45) is 17.8 Å². The molecule has 1 aromatic carbocycles. The van der Waals surface area contributed by atoms with E-state index >= 15 is 0 Å². The number of hydrogen-bond donors (Lipinski definition) is 2. The molecule has 0 aromatic heterocycles. The second kappa shape index (κ2) is 5.35. The number of amides is 1. The van der Waals surface area contributed by atoms with E-state index in [-0.39, 0.29) is 17.2 Å². The van der Waals surface area contributed by atoms with Crippen LogP contribution in [0.15, 0.2) is 18.2 Å². The van der Waals surface area contributed by atoms with E-state index in [0.717, 1.165) is 18.4 Å². The van der Waals surface area contributed by atoms with Gasteiger partial charge in [0.05, 0.1) is 12.7 Å². The molecular formula is C16H21NO3. The Morgan fingerprint density at radius 1 is 1.40 bits per heavy atom. The molecule has 3 unspecified atom stereocenters. The third-order valence-electron chi connectivity index (χ3n) is 4.87. The smallest absolute Gasteiger partial charge is 0.255 e. The van der Waals surface area contributed by atoms with Gasteiger partial charge >= 0.3 is 0 Å². The van der Waals surface area contributed by atoms with Crippen molar-refractivity contribution in [3.05, 3.63) is 23.8 Å². The summed E-state index contributed by atoms with van der Waals surface area (Å²) in [5, 5.41) is 12.9. The van der Waals surface area contributed by atoms with Gasteiger partial charge in [0.15, 0.2) is 11.5 Å². The third kappa shape index (κ3) is 2.35. The van der Waals surface area contributed by atoms with Crippen molar-refractivity contribution in [1.82, 2.24) is 5.32 Å². The van der Waals surface area contributed by atoms with Crippen molar-refractivity contribution in [3.8, 4) is 11.5 Å². The summed E-state index contributed by atoms with van der Waals surface area (Å²) in [5.41, 5.74) is 0.285. The van der Waals surface area contributed by atoms with Gasteiger partial charge in [0, 0.05) is 6.54 Å². The molecule has 3 rings (SSSR count). The average Bonchev–Trinajstić information content (AvgIpc) is 3.07. The molecule has 1 amide bonds. The first-order chi connectivity index (χ1) is 9.69. The highest BCUT2D eigenvalue weighted by Gasteiger charge is 2.39. The van der Waals surface area contributed by atoms with E-state index in [0.29, 0.717) is 11.7 Å². The van der Waals surface area contributed by atoms with Crippen LogP contribution in [0.1, 0.15) is 36.0 Å². The number of carbonyl (C=O) groups excluding carboxylic acids is 1. The number of hydrogen-bond acceptors (Lipinski definition) is 3. The Morgan fingerprint density at radius 2 is 2.25 bits per heavy atom. The van der Waals surface area contributed by atoms with Gasteiger partial charge in [-0.2, -0.15) is 0 Å². The summed E-state index contributed by atoms with van der Waals surface area (Å²) in [6.07, 6.45) is 5.27. The molecule has 2 N–H and O–H groups in total. The number of rotatable bonds is 4. The van der Waals surface area contributed by atoms with Crippen LogP contribution in [-0.2, 0) is 0 Å². The SMILES string of the molecule is COc1cccc(C(=O)NCC2CC3CCC2C3)c1O. The van der Waals surface area contributed by atoms with Gasteiger partial charge in [0.25, 0.3) is 5.91 Å². The molecule has 4 nitrogen and oxygen atoms in total. The summed E-state index contributed by atoms with van der Waals surface area (Å²) < 4.78 is 5.02. The number of ether oxygens (including phenoxy) is 1. The Morgan fingerprint density at radius 3 is 2.90 bits per heavy atom. The van der Waals surface area contributed by atoms with E-state index in [4.69, 9.17) is 4.74 Å². The highest BCUT2D eigenvalue weighted by Crippen LogP contribution is 2.47. The molecule has 2 aliphatic rings. The van der Waals surface area contributed by atoms with E-state index < -0.39 is 0 Å². The van der Waals surface area contributed by atoms with Gasteiger partial charge < -0.3 is 15.2 Å². The molecule has 0 spiro atoms. The number of phenolic OH excluding ortho intramolecular Hbond substituents is 1. The van der Waals surface area contributed by atoms with Crippen LogP contribution in [0.2, 0.25) is 0 Å². The van der Waals surface area contributed by atoms with Crippen molar-refractivity contribution in [3.63, 3.8) is 0 Å². The van der Waals surface area contributed by atoms with E-state index in [1.165, 1.54) is 32.8 Å². The van der Waals surface area contributed by atoms with E-state index in [9.17, 15) is 9.90 Å². The number of methoxy groups -OCH3 is 1. The van der Waals surface area contributed by atoms with Crippen molar-refractivity contribution >= 4 is 5.91 Å². The first kappa shape index (κ1) is 13.3. The molecule has 2 fully saturated rings. The lowest BCUT2D eigenvalue weighted by Crippen LogP contribution is -2.31. The lowest BCUT2D eigenvalue weighted by molar-refractivity contribution is 0.0938. The van der Waals surface area contributed by atoms with Gasteiger partial charge in [0.1, 0.15) is 0 Å². The summed E-state index contributed by atoms with van der Waals surface area (Å²) in [6.45, 7) is 0.719. The van der Waals surface area contributed by atoms with Crippen LogP contribution < -0.4 is 10.1 Å². The van der Waals surface area contributed by atoms with Crippen LogP contribution in [0.3, 0.4) is 0 Å². The zero-order valence-corrected chi connectivity index (χ0v) is 11.8. The molecule has 1 aromatic rings. The van der Waals surface area contributed by atoms with Crippen molar-refractivity contribution in [1.29, 1.82) is 0 Å². The van der Waals surface area contributed by atoms with Gasteiger partial charge in [0.2, 0.25) is 0 Å². The van der Waals surface area contributed by atoms with Crippen LogP contribution in [0.4, 0.5) is 0 Å². The number of phenols is 1. The minimum Gasteiger partial charge on any atom is -0.504 e. The Labute approximate surface area is 119 Å². The van der Waals surface area contributed by atoms with Gasteiger partial charge in [-0.3, -0.25) is 4.79 Å². The number of carbonyl (C=O) groups is 1. The minimum atomic E-state index is -0.218. The molecular weight excluding hydrogens is 254 g/mol. The second-order valence-electron chi connectivity index (χ2n) is 6.00. The maximum Gasteiger partial charge on any atom is 0.255 e. The Balaban J connectivity index is 1.62. The molecule has 4 heteroatoms. The maximum atomic E-state index is 12.2. The molecule has 2 saturated carbocycles. The molecule has 0 saturated heterocycles. The van der Waals surface area contributed by atoms with Crippen LogP contribution in [0, 0.1) is 17.8 Å². The van der Waals surface area contributed by atoms with Crippen molar-refractivity contribution in [2.45, 2.75) is 25.7 Å².